The third kappa shape index (κ3) is 2.75. The van der Waals surface area contributed by atoms with E-state index in [4.69, 9.17) is 14.5 Å². The highest BCUT2D eigenvalue weighted by molar-refractivity contribution is 5.85. The Morgan fingerprint density at radius 2 is 1.96 bits per heavy atom. The molecule has 1 aromatic heterocycles. The van der Waals surface area contributed by atoms with Crippen LogP contribution in [0.15, 0.2) is 24.3 Å². The second-order valence-corrected chi connectivity index (χ2v) is 6.39. The van der Waals surface area contributed by atoms with Gasteiger partial charge in [0.1, 0.15) is 11.6 Å². The van der Waals surface area contributed by atoms with Crippen LogP contribution in [0.1, 0.15) is 5.56 Å². The Morgan fingerprint density at radius 1 is 1.17 bits per heavy atom. The fourth-order valence-corrected chi connectivity index (χ4v) is 3.47. The highest BCUT2D eigenvalue weighted by atomic mass is 16.5. The monoisotopic (exact) mass is 313 g/mol. The maximum Gasteiger partial charge on any atom is 0.129 e. The number of fused-ring (bicyclic) bond motifs is 1. The van der Waals surface area contributed by atoms with Crippen LogP contribution in [0.3, 0.4) is 0 Å². The van der Waals surface area contributed by atoms with Crippen molar-refractivity contribution < 1.29 is 9.47 Å². The first-order chi connectivity index (χ1) is 11.2. The smallest absolute Gasteiger partial charge is 0.129 e. The SMILES string of the molecule is COc1ccc2c(C)cc(N3CC(N4CCOCC4)C3)nc2c1. The molecule has 0 unspecified atom stereocenters. The third-order valence-electron chi connectivity index (χ3n) is 4.96. The van der Waals surface area contributed by atoms with E-state index in [1.807, 2.05) is 12.1 Å². The van der Waals surface area contributed by atoms with Gasteiger partial charge in [-0.1, -0.05) is 0 Å². The minimum absolute atomic E-state index is 0.641. The van der Waals surface area contributed by atoms with Crippen LogP contribution in [-0.4, -0.2) is 62.4 Å². The van der Waals surface area contributed by atoms with Crippen molar-refractivity contribution in [3.05, 3.63) is 29.8 Å². The molecule has 0 amide bonds. The average Bonchev–Trinajstić information content (AvgIpc) is 2.54. The van der Waals surface area contributed by atoms with Gasteiger partial charge < -0.3 is 14.4 Å². The number of ether oxygens (including phenoxy) is 2. The summed E-state index contributed by atoms with van der Waals surface area (Å²) in [6.45, 7) is 8.11. The van der Waals surface area contributed by atoms with E-state index in [0.29, 0.717) is 6.04 Å². The van der Waals surface area contributed by atoms with Gasteiger partial charge in [0.2, 0.25) is 0 Å². The Hall–Kier alpha value is -1.85. The number of pyridine rings is 1. The van der Waals surface area contributed by atoms with Gasteiger partial charge in [0.05, 0.1) is 25.8 Å². The summed E-state index contributed by atoms with van der Waals surface area (Å²) in [4.78, 5) is 9.75. The van der Waals surface area contributed by atoms with E-state index >= 15 is 0 Å². The number of hydrogen-bond acceptors (Lipinski definition) is 5. The van der Waals surface area contributed by atoms with Gasteiger partial charge in [-0.25, -0.2) is 4.98 Å². The maximum atomic E-state index is 5.44. The molecule has 0 bridgehead atoms. The molecule has 4 rings (SSSR count). The van der Waals surface area contributed by atoms with Crippen molar-refractivity contribution in [3.63, 3.8) is 0 Å². The highest BCUT2D eigenvalue weighted by Crippen LogP contribution is 2.29. The van der Waals surface area contributed by atoms with E-state index in [1.165, 1.54) is 10.9 Å². The zero-order valence-corrected chi connectivity index (χ0v) is 13.8. The summed E-state index contributed by atoms with van der Waals surface area (Å²) >= 11 is 0. The molecule has 2 aliphatic rings. The quantitative estimate of drug-likeness (QED) is 0.867. The lowest BCUT2D eigenvalue weighted by Crippen LogP contribution is -2.61. The minimum atomic E-state index is 0.641. The number of morpholine rings is 1. The summed E-state index contributed by atoms with van der Waals surface area (Å²) in [5.41, 5.74) is 2.27. The van der Waals surface area contributed by atoms with Crippen LogP contribution in [0.5, 0.6) is 5.75 Å². The predicted octanol–water partition coefficient (Wildman–Crippen LogP) is 2.07. The van der Waals surface area contributed by atoms with E-state index in [0.717, 1.165) is 56.5 Å². The number of nitrogens with zero attached hydrogens (tertiary/aromatic N) is 3. The Kier molecular flexibility index (Phi) is 3.83. The Morgan fingerprint density at radius 3 is 2.70 bits per heavy atom. The second-order valence-electron chi connectivity index (χ2n) is 6.39. The standard InChI is InChI=1S/C18H23N3O2/c1-13-9-18(19-17-10-15(22-2)3-4-16(13)17)21-11-14(12-21)20-5-7-23-8-6-20/h3-4,9-10,14H,5-8,11-12H2,1-2H3. The maximum absolute atomic E-state index is 5.44. The molecule has 2 saturated heterocycles. The molecular formula is C18H23N3O2. The van der Waals surface area contributed by atoms with Crippen molar-refractivity contribution in [3.8, 4) is 5.75 Å². The first-order valence-corrected chi connectivity index (χ1v) is 8.27. The van der Waals surface area contributed by atoms with E-state index in [2.05, 4.69) is 28.9 Å². The molecule has 2 fully saturated rings. The minimum Gasteiger partial charge on any atom is -0.497 e. The molecule has 0 saturated carbocycles. The number of benzene rings is 1. The van der Waals surface area contributed by atoms with E-state index in [-0.39, 0.29) is 0 Å². The van der Waals surface area contributed by atoms with Crippen LogP contribution in [-0.2, 0) is 4.74 Å². The molecule has 2 aliphatic heterocycles. The third-order valence-corrected chi connectivity index (χ3v) is 4.96. The summed E-state index contributed by atoms with van der Waals surface area (Å²) in [7, 11) is 1.69. The summed E-state index contributed by atoms with van der Waals surface area (Å²) in [5, 5.41) is 1.19. The topological polar surface area (TPSA) is 37.8 Å². The lowest BCUT2D eigenvalue weighted by Gasteiger charge is -2.47. The van der Waals surface area contributed by atoms with Crippen molar-refractivity contribution >= 4 is 16.7 Å². The first kappa shape index (κ1) is 14.7. The van der Waals surface area contributed by atoms with Crippen LogP contribution in [0.25, 0.3) is 10.9 Å². The van der Waals surface area contributed by atoms with Gasteiger partial charge in [0.15, 0.2) is 0 Å². The molecule has 3 heterocycles. The lowest BCUT2D eigenvalue weighted by molar-refractivity contribution is 0.0104. The number of anilines is 1. The van der Waals surface area contributed by atoms with Crippen LogP contribution in [0.2, 0.25) is 0 Å². The van der Waals surface area contributed by atoms with E-state index in [9.17, 15) is 0 Å². The molecule has 0 spiro atoms. The molecular weight excluding hydrogens is 290 g/mol. The molecule has 5 nitrogen and oxygen atoms in total. The first-order valence-electron chi connectivity index (χ1n) is 8.27. The van der Waals surface area contributed by atoms with Crippen molar-refractivity contribution in [2.24, 2.45) is 0 Å². The van der Waals surface area contributed by atoms with Crippen LogP contribution < -0.4 is 9.64 Å². The van der Waals surface area contributed by atoms with Gasteiger partial charge in [-0.15, -0.1) is 0 Å². The number of aryl methyl sites for hydroxylation is 1. The van der Waals surface area contributed by atoms with Gasteiger partial charge >= 0.3 is 0 Å². The van der Waals surface area contributed by atoms with E-state index in [1.54, 1.807) is 7.11 Å². The largest absolute Gasteiger partial charge is 0.497 e. The fourth-order valence-electron chi connectivity index (χ4n) is 3.47. The van der Waals surface area contributed by atoms with E-state index < -0.39 is 0 Å². The highest BCUT2D eigenvalue weighted by Gasteiger charge is 2.33. The molecule has 2 aromatic rings. The van der Waals surface area contributed by atoms with Crippen LogP contribution in [0, 0.1) is 6.92 Å². The molecule has 23 heavy (non-hydrogen) atoms. The molecule has 0 radical (unpaired) electrons. The van der Waals surface area contributed by atoms with Gasteiger partial charge in [-0.3, -0.25) is 4.90 Å². The number of hydrogen-bond donors (Lipinski definition) is 0. The molecule has 122 valence electrons. The van der Waals surface area contributed by atoms with Crippen LogP contribution in [0.4, 0.5) is 5.82 Å². The summed E-state index contributed by atoms with van der Waals surface area (Å²) in [6, 6.07) is 8.94. The average molecular weight is 313 g/mol. The zero-order chi connectivity index (χ0) is 15.8. The lowest BCUT2D eigenvalue weighted by atomic mass is 10.0. The molecule has 0 aliphatic carbocycles. The van der Waals surface area contributed by atoms with Crippen molar-refractivity contribution in [2.45, 2.75) is 13.0 Å². The summed E-state index contributed by atoms with van der Waals surface area (Å²) in [5.74, 6) is 1.93. The number of methoxy groups -OCH3 is 1. The number of aromatic nitrogens is 1. The molecule has 0 N–H and O–H groups in total. The van der Waals surface area contributed by atoms with Gasteiger partial charge in [-0.05, 0) is 30.7 Å². The number of rotatable bonds is 3. The molecule has 0 atom stereocenters. The van der Waals surface area contributed by atoms with Gasteiger partial charge in [-0.2, -0.15) is 0 Å². The zero-order valence-electron chi connectivity index (χ0n) is 13.8. The Labute approximate surface area is 136 Å². The van der Waals surface area contributed by atoms with Gasteiger partial charge in [0, 0.05) is 43.7 Å². The van der Waals surface area contributed by atoms with Crippen molar-refractivity contribution in [1.82, 2.24) is 9.88 Å². The molecule has 1 aromatic carbocycles. The Balaban J connectivity index is 1.53. The predicted molar refractivity (Wildman–Crippen MR) is 91.4 cm³/mol. The second kappa shape index (κ2) is 5.98. The normalized spacial score (nSPS) is 19.8. The summed E-state index contributed by atoms with van der Waals surface area (Å²) < 4.78 is 10.8. The van der Waals surface area contributed by atoms with Gasteiger partial charge in [0.25, 0.3) is 0 Å². The van der Waals surface area contributed by atoms with Crippen molar-refractivity contribution in [2.75, 3.05) is 51.4 Å². The fraction of sp³-hybridized carbons (Fsp3) is 0.500. The van der Waals surface area contributed by atoms with Crippen molar-refractivity contribution in [1.29, 1.82) is 0 Å². The molecule has 5 heteroatoms. The summed E-state index contributed by atoms with van der Waals surface area (Å²) in [6.07, 6.45) is 0. The van der Waals surface area contributed by atoms with Crippen LogP contribution >= 0.6 is 0 Å². The Bertz CT molecular complexity index is 707.